The van der Waals surface area contributed by atoms with Crippen molar-refractivity contribution in [1.82, 2.24) is 0 Å². The van der Waals surface area contributed by atoms with E-state index in [4.69, 9.17) is 25.5 Å². The Morgan fingerprint density at radius 2 is 1.88 bits per heavy atom. The lowest BCUT2D eigenvalue weighted by atomic mass is 10.2. The first-order chi connectivity index (χ1) is 12.2. The van der Waals surface area contributed by atoms with Crippen LogP contribution in [-0.4, -0.2) is 12.5 Å². The van der Waals surface area contributed by atoms with Crippen LogP contribution >= 0.6 is 11.6 Å². The number of benzene rings is 2. The maximum Gasteiger partial charge on any atom is 0.291 e. The van der Waals surface area contributed by atoms with Gasteiger partial charge in [0.25, 0.3) is 5.91 Å². The van der Waals surface area contributed by atoms with Crippen molar-refractivity contribution in [2.75, 3.05) is 11.9 Å². The Labute approximate surface area is 150 Å². The molecule has 0 aliphatic rings. The third-order valence-corrected chi connectivity index (χ3v) is 3.53. The van der Waals surface area contributed by atoms with E-state index in [1.165, 1.54) is 6.26 Å². The summed E-state index contributed by atoms with van der Waals surface area (Å²) in [6, 6.07) is 15.4. The molecule has 6 heteroatoms. The van der Waals surface area contributed by atoms with Gasteiger partial charge in [-0.1, -0.05) is 11.6 Å². The largest absolute Gasteiger partial charge is 0.494 e. The Balaban J connectivity index is 1.80. The number of furan rings is 1. The second kappa shape index (κ2) is 7.77. The smallest absolute Gasteiger partial charge is 0.291 e. The minimum absolute atomic E-state index is 0.201. The first-order valence-electron chi connectivity index (χ1n) is 7.71. The molecule has 0 aliphatic heterocycles. The molecule has 3 aromatic rings. The molecule has 128 valence electrons. The molecule has 5 nitrogen and oxygen atoms in total. The Hall–Kier alpha value is -2.92. The molecule has 3 rings (SSSR count). The SMILES string of the molecule is CCOc1ccc(Oc2ccc(Cl)cc2NC(=O)c2ccco2)cc1. The van der Waals surface area contributed by atoms with Crippen LogP contribution in [0.2, 0.25) is 5.02 Å². The van der Waals surface area contributed by atoms with E-state index in [1.807, 2.05) is 19.1 Å². The summed E-state index contributed by atoms with van der Waals surface area (Å²) in [4.78, 5) is 12.2. The molecule has 0 bridgehead atoms. The first-order valence-corrected chi connectivity index (χ1v) is 8.08. The lowest BCUT2D eigenvalue weighted by Gasteiger charge is -2.12. The summed E-state index contributed by atoms with van der Waals surface area (Å²) in [5, 5.41) is 3.22. The number of ether oxygens (including phenoxy) is 2. The molecule has 1 heterocycles. The highest BCUT2D eigenvalue weighted by molar-refractivity contribution is 6.31. The third-order valence-electron chi connectivity index (χ3n) is 3.30. The summed E-state index contributed by atoms with van der Waals surface area (Å²) >= 11 is 6.04. The molecule has 0 unspecified atom stereocenters. The van der Waals surface area contributed by atoms with Gasteiger partial charge in [-0.15, -0.1) is 0 Å². The molecule has 1 amide bonds. The zero-order valence-electron chi connectivity index (χ0n) is 13.5. The predicted molar refractivity (Wildman–Crippen MR) is 95.8 cm³/mol. The van der Waals surface area contributed by atoms with Gasteiger partial charge < -0.3 is 19.2 Å². The van der Waals surface area contributed by atoms with Gasteiger partial charge in [0, 0.05) is 5.02 Å². The van der Waals surface area contributed by atoms with Crippen molar-refractivity contribution in [3.05, 3.63) is 71.6 Å². The molecule has 0 fully saturated rings. The Bertz CT molecular complexity index is 844. The van der Waals surface area contributed by atoms with Crippen molar-refractivity contribution in [2.24, 2.45) is 0 Å². The second-order valence-electron chi connectivity index (χ2n) is 5.08. The van der Waals surface area contributed by atoms with E-state index < -0.39 is 0 Å². The van der Waals surface area contributed by atoms with Gasteiger partial charge in [-0.05, 0) is 61.5 Å². The van der Waals surface area contributed by atoms with Gasteiger partial charge in [0.2, 0.25) is 0 Å². The van der Waals surface area contributed by atoms with Crippen LogP contribution in [0.4, 0.5) is 5.69 Å². The van der Waals surface area contributed by atoms with E-state index >= 15 is 0 Å². The zero-order chi connectivity index (χ0) is 17.6. The second-order valence-corrected chi connectivity index (χ2v) is 5.51. The Morgan fingerprint density at radius 3 is 2.56 bits per heavy atom. The average molecular weight is 358 g/mol. The topological polar surface area (TPSA) is 60.7 Å². The van der Waals surface area contributed by atoms with E-state index in [9.17, 15) is 4.79 Å². The quantitative estimate of drug-likeness (QED) is 0.643. The normalized spacial score (nSPS) is 10.3. The van der Waals surface area contributed by atoms with Gasteiger partial charge >= 0.3 is 0 Å². The molecule has 0 saturated carbocycles. The maximum atomic E-state index is 12.2. The van der Waals surface area contributed by atoms with E-state index in [0.29, 0.717) is 28.8 Å². The number of carbonyl (C=O) groups is 1. The standard InChI is InChI=1S/C19H16ClNO4/c1-2-23-14-6-8-15(9-7-14)25-17-10-5-13(20)12-16(17)21-19(22)18-4-3-11-24-18/h3-12H,2H2,1H3,(H,21,22). The lowest BCUT2D eigenvalue weighted by Crippen LogP contribution is -2.11. The number of carbonyl (C=O) groups excluding carboxylic acids is 1. The number of rotatable bonds is 6. The molecule has 0 atom stereocenters. The highest BCUT2D eigenvalue weighted by atomic mass is 35.5. The fourth-order valence-corrected chi connectivity index (χ4v) is 2.35. The van der Waals surface area contributed by atoms with Gasteiger partial charge in [0.1, 0.15) is 11.5 Å². The van der Waals surface area contributed by atoms with Gasteiger partial charge in [0.05, 0.1) is 18.6 Å². The molecule has 1 aromatic heterocycles. The van der Waals surface area contributed by atoms with Crippen LogP contribution in [0.25, 0.3) is 0 Å². The number of anilines is 1. The van der Waals surface area contributed by atoms with Gasteiger partial charge in [0.15, 0.2) is 11.5 Å². The summed E-state index contributed by atoms with van der Waals surface area (Å²) in [7, 11) is 0. The number of hydrogen-bond acceptors (Lipinski definition) is 4. The molecular weight excluding hydrogens is 342 g/mol. The number of amides is 1. The van der Waals surface area contributed by atoms with E-state index in [2.05, 4.69) is 5.32 Å². The van der Waals surface area contributed by atoms with Crippen molar-refractivity contribution < 1.29 is 18.7 Å². The molecule has 0 spiro atoms. The molecule has 25 heavy (non-hydrogen) atoms. The lowest BCUT2D eigenvalue weighted by molar-refractivity contribution is 0.0996. The average Bonchev–Trinajstić information content (AvgIpc) is 3.14. The molecule has 1 N–H and O–H groups in total. The summed E-state index contributed by atoms with van der Waals surface area (Å²) in [6.45, 7) is 2.52. The van der Waals surface area contributed by atoms with Crippen LogP contribution in [0.3, 0.4) is 0 Å². The molecule has 0 aliphatic carbocycles. The van der Waals surface area contributed by atoms with Crippen LogP contribution < -0.4 is 14.8 Å². The molecular formula is C19H16ClNO4. The minimum atomic E-state index is -0.385. The third kappa shape index (κ3) is 4.33. The van der Waals surface area contributed by atoms with Gasteiger partial charge in [-0.25, -0.2) is 0 Å². The fourth-order valence-electron chi connectivity index (χ4n) is 2.18. The van der Waals surface area contributed by atoms with E-state index in [0.717, 1.165) is 5.75 Å². The maximum absolute atomic E-state index is 12.2. The van der Waals surface area contributed by atoms with Crippen molar-refractivity contribution in [3.8, 4) is 17.2 Å². The Kier molecular flexibility index (Phi) is 5.26. The Morgan fingerprint density at radius 1 is 1.12 bits per heavy atom. The fraction of sp³-hybridized carbons (Fsp3) is 0.105. The number of hydrogen-bond donors (Lipinski definition) is 1. The summed E-state index contributed by atoms with van der Waals surface area (Å²) in [5.41, 5.74) is 0.447. The van der Waals surface area contributed by atoms with Gasteiger partial charge in [-0.2, -0.15) is 0 Å². The highest BCUT2D eigenvalue weighted by Crippen LogP contribution is 2.33. The molecule has 0 radical (unpaired) electrons. The van der Waals surface area contributed by atoms with Crippen molar-refractivity contribution >= 4 is 23.2 Å². The van der Waals surface area contributed by atoms with Gasteiger partial charge in [-0.3, -0.25) is 4.79 Å². The molecule has 0 saturated heterocycles. The van der Waals surface area contributed by atoms with Crippen LogP contribution in [0.1, 0.15) is 17.5 Å². The van der Waals surface area contributed by atoms with Crippen molar-refractivity contribution in [1.29, 1.82) is 0 Å². The van der Waals surface area contributed by atoms with Crippen LogP contribution in [0.5, 0.6) is 17.2 Å². The molecule has 2 aromatic carbocycles. The van der Waals surface area contributed by atoms with Crippen molar-refractivity contribution in [3.63, 3.8) is 0 Å². The first kappa shape index (κ1) is 16.9. The zero-order valence-corrected chi connectivity index (χ0v) is 14.2. The highest BCUT2D eigenvalue weighted by Gasteiger charge is 2.13. The monoisotopic (exact) mass is 357 g/mol. The number of nitrogens with one attached hydrogen (secondary N) is 1. The number of halogens is 1. The van der Waals surface area contributed by atoms with E-state index in [1.54, 1.807) is 42.5 Å². The van der Waals surface area contributed by atoms with E-state index in [-0.39, 0.29) is 11.7 Å². The van der Waals surface area contributed by atoms with Crippen molar-refractivity contribution in [2.45, 2.75) is 6.92 Å². The summed E-state index contributed by atoms with van der Waals surface area (Å²) < 4.78 is 16.4. The summed E-state index contributed by atoms with van der Waals surface area (Å²) in [5.74, 6) is 1.65. The predicted octanol–water partition coefficient (Wildman–Crippen LogP) is 5.38. The summed E-state index contributed by atoms with van der Waals surface area (Å²) in [6.07, 6.45) is 1.43. The minimum Gasteiger partial charge on any atom is -0.494 e. The van der Waals surface area contributed by atoms with Crippen LogP contribution in [-0.2, 0) is 0 Å². The van der Waals surface area contributed by atoms with Crippen LogP contribution in [0, 0.1) is 0 Å². The van der Waals surface area contributed by atoms with Crippen LogP contribution in [0.15, 0.2) is 65.3 Å².